The zero-order valence-corrected chi connectivity index (χ0v) is 9.28. The van der Waals surface area contributed by atoms with Gasteiger partial charge in [-0.3, -0.25) is 4.79 Å². The molecule has 1 aliphatic heterocycles. The lowest BCUT2D eigenvalue weighted by Gasteiger charge is -2.24. The Morgan fingerprint density at radius 3 is 2.69 bits per heavy atom. The first-order chi connectivity index (χ1) is 7.77. The number of hydrogen-bond acceptors (Lipinski definition) is 2. The predicted octanol–water partition coefficient (Wildman–Crippen LogP) is 1.78. The highest BCUT2D eigenvalue weighted by Gasteiger charge is 2.18. The molecule has 1 heterocycles. The van der Waals surface area contributed by atoms with Crippen LogP contribution in [0, 0.1) is 0 Å². The molecule has 0 bridgehead atoms. The Kier molecular flexibility index (Phi) is 3.57. The van der Waals surface area contributed by atoms with Gasteiger partial charge in [0.15, 0.2) is 0 Å². The summed E-state index contributed by atoms with van der Waals surface area (Å²) in [6, 6.07) is 7.94. The van der Waals surface area contributed by atoms with Crippen molar-refractivity contribution in [2.75, 3.05) is 13.1 Å². The summed E-state index contributed by atoms with van der Waals surface area (Å²) in [6.07, 6.45) is 2.35. The first-order valence-electron chi connectivity index (χ1n) is 5.77. The molecule has 0 unspecified atom stereocenters. The van der Waals surface area contributed by atoms with Gasteiger partial charge in [-0.05, 0) is 43.0 Å². The highest BCUT2D eigenvalue weighted by molar-refractivity contribution is 5.70. The van der Waals surface area contributed by atoms with Crippen molar-refractivity contribution < 1.29 is 9.90 Å². The Balaban J connectivity index is 2.20. The van der Waals surface area contributed by atoms with Crippen LogP contribution in [0.4, 0.5) is 0 Å². The minimum atomic E-state index is -0.749. The number of carboxylic acid groups (broad SMARTS) is 1. The highest BCUT2D eigenvalue weighted by atomic mass is 16.4. The smallest absolute Gasteiger partial charge is 0.307 e. The van der Waals surface area contributed by atoms with Gasteiger partial charge in [0.05, 0.1) is 6.42 Å². The summed E-state index contributed by atoms with van der Waals surface area (Å²) in [4.78, 5) is 10.8. The van der Waals surface area contributed by atoms with E-state index in [9.17, 15) is 4.79 Å². The number of carbonyl (C=O) groups is 1. The maximum absolute atomic E-state index is 10.8. The van der Waals surface area contributed by atoms with E-state index in [2.05, 4.69) is 11.4 Å². The maximum atomic E-state index is 10.8. The van der Waals surface area contributed by atoms with Crippen LogP contribution in [-0.4, -0.2) is 24.2 Å². The first-order valence-corrected chi connectivity index (χ1v) is 5.77. The number of hydrogen-bond donors (Lipinski definition) is 2. The van der Waals surface area contributed by atoms with Crippen LogP contribution in [0.2, 0.25) is 0 Å². The lowest BCUT2D eigenvalue weighted by atomic mass is 9.86. The first kappa shape index (κ1) is 11.1. The molecule has 2 N–H and O–H groups in total. The van der Waals surface area contributed by atoms with Crippen molar-refractivity contribution in [2.45, 2.75) is 25.2 Å². The molecule has 3 nitrogen and oxygen atoms in total. The number of nitrogens with one attached hydrogen (secondary N) is 1. The number of benzene rings is 1. The molecule has 1 aromatic carbocycles. The van der Waals surface area contributed by atoms with E-state index in [-0.39, 0.29) is 6.42 Å². The van der Waals surface area contributed by atoms with Crippen LogP contribution in [0.5, 0.6) is 0 Å². The molecule has 86 valence electrons. The van der Waals surface area contributed by atoms with Crippen molar-refractivity contribution in [1.29, 1.82) is 0 Å². The van der Waals surface area contributed by atoms with Gasteiger partial charge in [-0.15, -0.1) is 0 Å². The molecular formula is C13H17NO2. The lowest BCUT2D eigenvalue weighted by molar-refractivity contribution is -0.136. The Labute approximate surface area is 95.5 Å². The number of carboxylic acids is 1. The Morgan fingerprint density at radius 1 is 1.31 bits per heavy atom. The summed E-state index contributed by atoms with van der Waals surface area (Å²) >= 11 is 0. The van der Waals surface area contributed by atoms with Gasteiger partial charge in [0.25, 0.3) is 0 Å². The minimum absolute atomic E-state index is 0.139. The Morgan fingerprint density at radius 2 is 2.00 bits per heavy atom. The Hall–Kier alpha value is -1.35. The molecule has 0 atom stereocenters. The second-order valence-corrected chi connectivity index (χ2v) is 4.29. The highest BCUT2D eigenvalue weighted by Crippen LogP contribution is 2.28. The Bertz CT molecular complexity index is 370. The summed E-state index contributed by atoms with van der Waals surface area (Å²) in [6.45, 7) is 2.07. The van der Waals surface area contributed by atoms with Gasteiger partial charge in [-0.2, -0.15) is 0 Å². The van der Waals surface area contributed by atoms with Gasteiger partial charge in [-0.1, -0.05) is 24.3 Å². The summed E-state index contributed by atoms with van der Waals surface area (Å²) in [5, 5.41) is 12.2. The zero-order valence-electron chi connectivity index (χ0n) is 9.28. The van der Waals surface area contributed by atoms with Crippen LogP contribution in [0.1, 0.15) is 29.9 Å². The van der Waals surface area contributed by atoms with Gasteiger partial charge < -0.3 is 10.4 Å². The van der Waals surface area contributed by atoms with Crippen molar-refractivity contribution >= 4 is 5.97 Å². The third-order valence-electron chi connectivity index (χ3n) is 3.18. The lowest BCUT2D eigenvalue weighted by Crippen LogP contribution is -2.27. The van der Waals surface area contributed by atoms with Crippen molar-refractivity contribution in [3.8, 4) is 0 Å². The minimum Gasteiger partial charge on any atom is -0.481 e. The van der Waals surface area contributed by atoms with Crippen LogP contribution in [0.15, 0.2) is 24.3 Å². The van der Waals surface area contributed by atoms with Crippen molar-refractivity contribution in [2.24, 2.45) is 0 Å². The van der Waals surface area contributed by atoms with Crippen molar-refractivity contribution in [3.63, 3.8) is 0 Å². The van der Waals surface area contributed by atoms with E-state index in [0.717, 1.165) is 31.5 Å². The number of piperidine rings is 1. The molecule has 1 aromatic rings. The molecule has 2 rings (SSSR count). The molecule has 0 spiro atoms. The largest absolute Gasteiger partial charge is 0.481 e. The normalized spacial score (nSPS) is 17.2. The summed E-state index contributed by atoms with van der Waals surface area (Å²) in [7, 11) is 0. The average molecular weight is 219 g/mol. The third-order valence-corrected chi connectivity index (χ3v) is 3.18. The van der Waals surface area contributed by atoms with E-state index in [1.54, 1.807) is 0 Å². The van der Waals surface area contributed by atoms with Crippen LogP contribution >= 0.6 is 0 Å². The van der Waals surface area contributed by atoms with Gasteiger partial charge in [0, 0.05) is 0 Å². The van der Waals surface area contributed by atoms with Gasteiger partial charge in [-0.25, -0.2) is 0 Å². The fourth-order valence-electron chi connectivity index (χ4n) is 2.39. The van der Waals surface area contributed by atoms with E-state index < -0.39 is 5.97 Å². The monoisotopic (exact) mass is 219 g/mol. The molecule has 0 aromatic heterocycles. The predicted molar refractivity (Wildman–Crippen MR) is 62.6 cm³/mol. The van der Waals surface area contributed by atoms with Gasteiger partial charge >= 0.3 is 5.97 Å². The molecule has 0 amide bonds. The van der Waals surface area contributed by atoms with E-state index in [4.69, 9.17) is 5.11 Å². The van der Waals surface area contributed by atoms with E-state index in [0.29, 0.717) is 5.92 Å². The molecule has 3 heteroatoms. The average Bonchev–Trinajstić information content (AvgIpc) is 2.30. The summed E-state index contributed by atoms with van der Waals surface area (Å²) < 4.78 is 0. The summed E-state index contributed by atoms with van der Waals surface area (Å²) in [5.74, 6) is -0.224. The second-order valence-electron chi connectivity index (χ2n) is 4.29. The van der Waals surface area contributed by atoms with E-state index in [1.165, 1.54) is 5.56 Å². The molecule has 1 saturated heterocycles. The third kappa shape index (κ3) is 2.61. The SMILES string of the molecule is O=C(O)Cc1ccccc1C1CCNCC1. The fraction of sp³-hybridized carbons (Fsp3) is 0.462. The van der Waals surface area contributed by atoms with Gasteiger partial charge in [0.2, 0.25) is 0 Å². The topological polar surface area (TPSA) is 49.3 Å². The zero-order chi connectivity index (χ0) is 11.4. The van der Waals surface area contributed by atoms with Crippen LogP contribution in [0.25, 0.3) is 0 Å². The van der Waals surface area contributed by atoms with E-state index >= 15 is 0 Å². The fourth-order valence-corrected chi connectivity index (χ4v) is 2.39. The number of aliphatic carboxylic acids is 1. The van der Waals surface area contributed by atoms with Crippen LogP contribution in [0.3, 0.4) is 0 Å². The van der Waals surface area contributed by atoms with Gasteiger partial charge in [0.1, 0.15) is 0 Å². The summed E-state index contributed by atoms with van der Waals surface area (Å²) in [5.41, 5.74) is 2.20. The molecule has 0 saturated carbocycles. The number of rotatable bonds is 3. The maximum Gasteiger partial charge on any atom is 0.307 e. The quantitative estimate of drug-likeness (QED) is 0.814. The molecule has 0 radical (unpaired) electrons. The van der Waals surface area contributed by atoms with E-state index in [1.807, 2.05) is 18.2 Å². The molecule has 1 aliphatic rings. The van der Waals surface area contributed by atoms with Crippen LogP contribution < -0.4 is 5.32 Å². The second kappa shape index (κ2) is 5.12. The molecular weight excluding hydrogens is 202 g/mol. The van der Waals surface area contributed by atoms with Crippen molar-refractivity contribution in [3.05, 3.63) is 35.4 Å². The molecule has 0 aliphatic carbocycles. The molecule has 1 fully saturated rings. The standard InChI is InChI=1S/C13H17NO2/c15-13(16)9-11-3-1-2-4-12(11)10-5-7-14-8-6-10/h1-4,10,14H,5-9H2,(H,15,16). The van der Waals surface area contributed by atoms with Crippen LogP contribution in [-0.2, 0) is 11.2 Å². The van der Waals surface area contributed by atoms with Crippen molar-refractivity contribution in [1.82, 2.24) is 5.32 Å². The molecule has 16 heavy (non-hydrogen) atoms.